The molecule has 0 aromatic heterocycles. The van der Waals surface area contributed by atoms with Gasteiger partial charge in [0, 0.05) is 6.08 Å². The van der Waals surface area contributed by atoms with Gasteiger partial charge in [-0.05, 0) is 80.2 Å². The summed E-state index contributed by atoms with van der Waals surface area (Å²) in [5.74, 6) is 1.47. The zero-order valence-electron chi connectivity index (χ0n) is 15.1. The van der Waals surface area contributed by atoms with E-state index in [1.54, 1.807) is 0 Å². The molecule has 2 aromatic carbocycles. The van der Waals surface area contributed by atoms with E-state index in [1.807, 2.05) is 12.1 Å². The maximum Gasteiger partial charge on any atom is 0.335 e. The van der Waals surface area contributed by atoms with Crippen LogP contribution in [0.25, 0.3) is 0 Å². The van der Waals surface area contributed by atoms with E-state index in [-0.39, 0.29) is 0 Å². The third-order valence-electron chi connectivity index (χ3n) is 5.34. The molecule has 130 valence electrons. The summed E-state index contributed by atoms with van der Waals surface area (Å²) in [4.78, 5) is 11.3. The Hall–Kier alpha value is -2.35. The second-order valence-corrected chi connectivity index (χ2v) is 7.10. The minimum absolute atomic E-state index is 0.411. The Morgan fingerprint density at radius 3 is 2.24 bits per heavy atom. The minimum atomic E-state index is -0.411. The second-order valence-electron chi connectivity index (χ2n) is 7.10. The number of hydrogen-bond donors (Lipinski definition) is 0. The first kappa shape index (κ1) is 17.5. The van der Waals surface area contributed by atoms with E-state index in [4.69, 9.17) is 4.74 Å². The molecule has 0 unspecified atom stereocenters. The van der Waals surface area contributed by atoms with Gasteiger partial charge in [-0.3, -0.25) is 0 Å². The molecule has 2 aromatic rings. The van der Waals surface area contributed by atoms with E-state index < -0.39 is 5.97 Å². The average Bonchev–Trinajstić information content (AvgIpc) is 2.63. The fourth-order valence-electron chi connectivity index (χ4n) is 3.90. The lowest BCUT2D eigenvalue weighted by atomic mass is 9.75. The topological polar surface area (TPSA) is 26.3 Å². The van der Waals surface area contributed by atoms with Crippen LogP contribution in [0, 0.1) is 13.8 Å². The van der Waals surface area contributed by atoms with Crippen LogP contribution >= 0.6 is 0 Å². The van der Waals surface area contributed by atoms with Gasteiger partial charge >= 0.3 is 5.97 Å². The van der Waals surface area contributed by atoms with Gasteiger partial charge in [-0.15, -0.1) is 0 Å². The quantitative estimate of drug-likeness (QED) is 0.399. The highest BCUT2D eigenvalue weighted by atomic mass is 16.5. The van der Waals surface area contributed by atoms with E-state index >= 15 is 0 Å². The van der Waals surface area contributed by atoms with Crippen LogP contribution in [-0.4, -0.2) is 5.97 Å². The molecule has 0 aliphatic heterocycles. The molecule has 0 amide bonds. The molecular formula is C23H26O2. The monoisotopic (exact) mass is 334 g/mol. The first-order valence-electron chi connectivity index (χ1n) is 9.08. The van der Waals surface area contributed by atoms with Crippen LogP contribution < -0.4 is 4.74 Å². The first-order chi connectivity index (χ1) is 12.1. The lowest BCUT2D eigenvalue weighted by molar-refractivity contribution is -0.128. The van der Waals surface area contributed by atoms with Crippen LogP contribution in [0.2, 0.25) is 0 Å². The maximum absolute atomic E-state index is 11.3. The van der Waals surface area contributed by atoms with Crippen molar-refractivity contribution in [3.8, 4) is 5.75 Å². The Bertz CT molecular complexity index is 750. The average molecular weight is 334 g/mol. The van der Waals surface area contributed by atoms with Crippen LogP contribution in [0.5, 0.6) is 5.75 Å². The van der Waals surface area contributed by atoms with E-state index in [2.05, 4.69) is 50.8 Å². The van der Waals surface area contributed by atoms with Crippen molar-refractivity contribution in [1.29, 1.82) is 0 Å². The number of ether oxygens (including phenoxy) is 1. The lowest BCUT2D eigenvalue weighted by Crippen LogP contribution is -2.13. The predicted molar refractivity (Wildman–Crippen MR) is 102 cm³/mol. The minimum Gasteiger partial charge on any atom is -0.423 e. The number of carbonyl (C=O) groups excluding carboxylic acids is 1. The Balaban J connectivity index is 1.65. The SMILES string of the molecule is C=CC(=O)Oc1ccc(C2CCC(c3ccc(C)cc3)CC2)c(C)c1. The standard InChI is InChI=1S/C23H26O2/c1-4-23(24)25-21-13-14-22(17(3)15-21)20-11-9-19(10-12-20)18-7-5-16(2)6-8-18/h4-8,13-15,19-20H,1,9-12H2,2-3H3. The summed E-state index contributed by atoms with van der Waals surface area (Å²) < 4.78 is 5.21. The highest BCUT2D eigenvalue weighted by Gasteiger charge is 2.24. The largest absolute Gasteiger partial charge is 0.423 e. The zero-order valence-corrected chi connectivity index (χ0v) is 15.1. The van der Waals surface area contributed by atoms with Crippen LogP contribution in [0.1, 0.15) is 59.8 Å². The van der Waals surface area contributed by atoms with Crippen molar-refractivity contribution in [3.63, 3.8) is 0 Å². The number of hydrogen-bond acceptors (Lipinski definition) is 2. The molecule has 0 spiro atoms. The molecule has 3 rings (SSSR count). The third kappa shape index (κ3) is 4.19. The predicted octanol–water partition coefficient (Wildman–Crippen LogP) is 5.84. The molecule has 1 aliphatic rings. The van der Waals surface area contributed by atoms with Gasteiger partial charge in [-0.2, -0.15) is 0 Å². The van der Waals surface area contributed by atoms with Gasteiger partial charge in [0.15, 0.2) is 0 Å². The molecule has 0 atom stereocenters. The highest BCUT2D eigenvalue weighted by molar-refractivity contribution is 5.83. The summed E-state index contributed by atoms with van der Waals surface area (Å²) in [6.07, 6.45) is 6.09. The van der Waals surface area contributed by atoms with Gasteiger partial charge in [-0.25, -0.2) is 4.79 Å². The van der Waals surface area contributed by atoms with Crippen molar-refractivity contribution in [2.24, 2.45) is 0 Å². The number of aryl methyl sites for hydroxylation is 2. The fourth-order valence-corrected chi connectivity index (χ4v) is 3.90. The summed E-state index contributed by atoms with van der Waals surface area (Å²) in [7, 11) is 0. The molecule has 1 fully saturated rings. The first-order valence-corrected chi connectivity index (χ1v) is 9.08. The molecule has 0 heterocycles. The molecule has 0 N–H and O–H groups in total. The van der Waals surface area contributed by atoms with Crippen molar-refractivity contribution >= 4 is 5.97 Å². The fraction of sp³-hybridized carbons (Fsp3) is 0.348. The van der Waals surface area contributed by atoms with Gasteiger partial charge in [0.05, 0.1) is 0 Å². The third-order valence-corrected chi connectivity index (χ3v) is 5.34. The zero-order chi connectivity index (χ0) is 17.8. The Morgan fingerprint density at radius 2 is 1.64 bits per heavy atom. The van der Waals surface area contributed by atoms with Crippen LogP contribution in [-0.2, 0) is 4.79 Å². The molecular weight excluding hydrogens is 308 g/mol. The molecule has 0 radical (unpaired) electrons. The van der Waals surface area contributed by atoms with Crippen molar-refractivity contribution in [1.82, 2.24) is 0 Å². The van der Waals surface area contributed by atoms with Gasteiger partial charge in [0.25, 0.3) is 0 Å². The maximum atomic E-state index is 11.3. The van der Waals surface area contributed by atoms with Gasteiger partial charge in [0.2, 0.25) is 0 Å². The molecule has 25 heavy (non-hydrogen) atoms. The van der Waals surface area contributed by atoms with Gasteiger partial charge in [0.1, 0.15) is 5.75 Å². The molecule has 1 saturated carbocycles. The summed E-state index contributed by atoms with van der Waals surface area (Å²) in [5.41, 5.74) is 5.40. The summed E-state index contributed by atoms with van der Waals surface area (Å²) in [5, 5.41) is 0. The summed E-state index contributed by atoms with van der Waals surface area (Å²) in [6.45, 7) is 7.67. The highest BCUT2D eigenvalue weighted by Crippen LogP contribution is 2.41. The lowest BCUT2D eigenvalue weighted by Gasteiger charge is -2.30. The van der Waals surface area contributed by atoms with Crippen LogP contribution in [0.15, 0.2) is 55.1 Å². The van der Waals surface area contributed by atoms with Crippen molar-refractivity contribution < 1.29 is 9.53 Å². The number of esters is 1. The Labute approximate surface area is 150 Å². The Kier molecular flexibility index (Phi) is 5.37. The smallest absolute Gasteiger partial charge is 0.335 e. The van der Waals surface area contributed by atoms with Gasteiger partial charge < -0.3 is 4.74 Å². The van der Waals surface area contributed by atoms with E-state index in [0.29, 0.717) is 17.6 Å². The molecule has 1 aliphatic carbocycles. The van der Waals surface area contributed by atoms with E-state index in [1.165, 1.54) is 54.0 Å². The summed E-state index contributed by atoms with van der Waals surface area (Å²) >= 11 is 0. The van der Waals surface area contributed by atoms with E-state index in [0.717, 1.165) is 0 Å². The number of carbonyl (C=O) groups is 1. The van der Waals surface area contributed by atoms with Crippen LogP contribution in [0.4, 0.5) is 0 Å². The van der Waals surface area contributed by atoms with Crippen molar-refractivity contribution in [2.75, 3.05) is 0 Å². The molecule has 2 nitrogen and oxygen atoms in total. The Morgan fingerprint density at radius 1 is 1.00 bits per heavy atom. The summed E-state index contributed by atoms with van der Waals surface area (Å²) in [6, 6.07) is 15.0. The second kappa shape index (κ2) is 7.69. The molecule has 0 saturated heterocycles. The molecule has 2 heteroatoms. The van der Waals surface area contributed by atoms with Crippen LogP contribution in [0.3, 0.4) is 0 Å². The van der Waals surface area contributed by atoms with Crippen molar-refractivity contribution in [3.05, 3.63) is 77.4 Å². The number of benzene rings is 2. The van der Waals surface area contributed by atoms with E-state index in [9.17, 15) is 4.79 Å². The molecule has 0 bridgehead atoms. The number of rotatable bonds is 4. The van der Waals surface area contributed by atoms with Gasteiger partial charge in [-0.1, -0.05) is 42.5 Å². The van der Waals surface area contributed by atoms with Crippen molar-refractivity contribution in [2.45, 2.75) is 51.4 Å². The normalized spacial score (nSPS) is 20.1.